The number of hydrogen-bond acceptors (Lipinski definition) is 4. The van der Waals surface area contributed by atoms with E-state index in [1.165, 1.54) is 0 Å². The second-order valence-electron chi connectivity index (χ2n) is 6.45. The minimum absolute atomic E-state index is 0.201. The van der Waals surface area contributed by atoms with Gasteiger partial charge in [0.2, 0.25) is 0 Å². The molecule has 124 valence electrons. The zero-order chi connectivity index (χ0) is 17.4. The van der Waals surface area contributed by atoms with Gasteiger partial charge in [0.05, 0.1) is 40.1 Å². The van der Waals surface area contributed by atoms with Crippen LogP contribution in [0.25, 0.3) is 11.0 Å². The summed E-state index contributed by atoms with van der Waals surface area (Å²) >= 11 is 6.14. The highest BCUT2D eigenvalue weighted by molar-refractivity contribution is 6.31. The van der Waals surface area contributed by atoms with Crippen LogP contribution in [0.2, 0.25) is 5.02 Å². The summed E-state index contributed by atoms with van der Waals surface area (Å²) in [5.41, 5.74) is 3.04. The van der Waals surface area contributed by atoms with Gasteiger partial charge in [-0.2, -0.15) is 10.4 Å². The lowest BCUT2D eigenvalue weighted by Crippen LogP contribution is -2.07. The fourth-order valence-corrected chi connectivity index (χ4v) is 2.84. The molecule has 0 aliphatic heterocycles. The lowest BCUT2D eigenvalue weighted by molar-refractivity contribution is 0.728. The van der Waals surface area contributed by atoms with Gasteiger partial charge in [0.1, 0.15) is 17.5 Å². The van der Waals surface area contributed by atoms with E-state index in [4.69, 9.17) is 21.6 Å². The monoisotopic (exact) mass is 342 g/mol. The molecule has 0 bridgehead atoms. The molecule has 0 radical (unpaired) electrons. The molecule has 3 aromatic heterocycles. The minimum atomic E-state index is 0.201. The highest BCUT2D eigenvalue weighted by Gasteiger charge is 2.20. The fourth-order valence-electron chi connectivity index (χ4n) is 2.69. The fraction of sp³-hybridized carbons (Fsp3) is 0.412. The Labute approximate surface area is 145 Å². The van der Waals surface area contributed by atoms with Crippen molar-refractivity contribution >= 4 is 22.6 Å². The molecule has 0 saturated heterocycles. The summed E-state index contributed by atoms with van der Waals surface area (Å²) in [5, 5.41) is 17.8. The molecule has 0 fully saturated rings. The van der Waals surface area contributed by atoms with E-state index in [1.807, 2.05) is 10.8 Å². The lowest BCUT2D eigenvalue weighted by atomic mass is 10.0. The van der Waals surface area contributed by atoms with Gasteiger partial charge in [0.25, 0.3) is 0 Å². The van der Waals surface area contributed by atoms with Crippen LogP contribution in [0.5, 0.6) is 0 Å². The number of nitrogens with zero attached hydrogens (tertiary/aromatic N) is 5. The van der Waals surface area contributed by atoms with E-state index in [0.29, 0.717) is 17.1 Å². The zero-order valence-corrected chi connectivity index (χ0v) is 14.9. The molecule has 7 heteroatoms. The summed E-state index contributed by atoms with van der Waals surface area (Å²) in [6.07, 6.45) is 3.38. The van der Waals surface area contributed by atoms with Gasteiger partial charge in [-0.1, -0.05) is 39.3 Å². The Morgan fingerprint density at radius 1 is 1.25 bits per heavy atom. The topological polar surface area (TPSA) is 83.2 Å². The van der Waals surface area contributed by atoms with E-state index >= 15 is 0 Å². The number of nitriles is 1. The van der Waals surface area contributed by atoms with Crippen LogP contribution in [0.3, 0.4) is 0 Å². The van der Waals surface area contributed by atoms with Gasteiger partial charge < -0.3 is 4.57 Å². The molecule has 3 aromatic rings. The van der Waals surface area contributed by atoms with Crippen molar-refractivity contribution in [2.45, 2.75) is 46.1 Å². The molecule has 0 saturated carbocycles. The van der Waals surface area contributed by atoms with Crippen LogP contribution >= 0.6 is 11.6 Å². The molecular formula is C17H19ClN6. The predicted molar refractivity (Wildman–Crippen MR) is 93.1 cm³/mol. The van der Waals surface area contributed by atoms with E-state index in [1.54, 1.807) is 6.20 Å². The molecule has 0 unspecified atom stereocenters. The van der Waals surface area contributed by atoms with Gasteiger partial charge in [-0.25, -0.2) is 9.97 Å². The quantitative estimate of drug-likeness (QED) is 0.777. The van der Waals surface area contributed by atoms with Crippen molar-refractivity contribution in [1.29, 1.82) is 5.26 Å². The van der Waals surface area contributed by atoms with Crippen LogP contribution in [-0.4, -0.2) is 24.7 Å². The van der Waals surface area contributed by atoms with Crippen LogP contribution in [0, 0.1) is 11.3 Å². The predicted octanol–water partition coefficient (Wildman–Crippen LogP) is 3.97. The van der Waals surface area contributed by atoms with E-state index in [0.717, 1.165) is 28.2 Å². The van der Waals surface area contributed by atoms with Gasteiger partial charge in [0, 0.05) is 12.1 Å². The third-order valence-corrected chi connectivity index (χ3v) is 4.27. The molecule has 3 heterocycles. The van der Waals surface area contributed by atoms with Crippen molar-refractivity contribution in [3.63, 3.8) is 0 Å². The van der Waals surface area contributed by atoms with Gasteiger partial charge in [-0.05, 0) is 5.92 Å². The molecule has 0 aliphatic rings. The third-order valence-electron chi connectivity index (χ3n) is 3.94. The van der Waals surface area contributed by atoms with Crippen LogP contribution < -0.4 is 0 Å². The second-order valence-corrected chi connectivity index (χ2v) is 6.86. The molecule has 0 aliphatic carbocycles. The molecule has 6 nitrogen and oxygen atoms in total. The zero-order valence-electron chi connectivity index (χ0n) is 14.1. The number of halogens is 1. The van der Waals surface area contributed by atoms with Gasteiger partial charge in [-0.15, -0.1) is 0 Å². The van der Waals surface area contributed by atoms with Gasteiger partial charge in [0.15, 0.2) is 0 Å². The van der Waals surface area contributed by atoms with Crippen molar-refractivity contribution in [2.24, 2.45) is 0 Å². The Hall–Kier alpha value is -2.39. The molecule has 0 aromatic carbocycles. The maximum Gasteiger partial charge on any atom is 0.145 e. The summed E-state index contributed by atoms with van der Waals surface area (Å²) in [7, 11) is 0. The molecule has 1 N–H and O–H groups in total. The average molecular weight is 343 g/mol. The van der Waals surface area contributed by atoms with Crippen LogP contribution in [0.1, 0.15) is 62.3 Å². The smallest absolute Gasteiger partial charge is 0.145 e. The number of nitrogens with one attached hydrogen (secondary N) is 1. The summed E-state index contributed by atoms with van der Waals surface area (Å²) in [6, 6.07) is 2.27. The first-order valence-corrected chi connectivity index (χ1v) is 8.28. The summed E-state index contributed by atoms with van der Waals surface area (Å²) in [4.78, 5) is 9.43. The number of aromatic amines is 1. The van der Waals surface area contributed by atoms with Crippen molar-refractivity contribution in [2.75, 3.05) is 0 Å². The molecule has 0 spiro atoms. The third kappa shape index (κ3) is 2.76. The van der Waals surface area contributed by atoms with Crippen LogP contribution in [0.4, 0.5) is 0 Å². The van der Waals surface area contributed by atoms with E-state index in [2.05, 4.69) is 44.0 Å². The Morgan fingerprint density at radius 2 is 2.00 bits per heavy atom. The highest BCUT2D eigenvalue weighted by Crippen LogP contribution is 2.29. The van der Waals surface area contributed by atoms with E-state index < -0.39 is 0 Å². The van der Waals surface area contributed by atoms with Crippen molar-refractivity contribution < 1.29 is 0 Å². The van der Waals surface area contributed by atoms with Gasteiger partial charge in [-0.3, -0.25) is 5.10 Å². The number of H-pyrrole nitrogens is 1. The van der Waals surface area contributed by atoms with Crippen molar-refractivity contribution in [3.05, 3.63) is 40.2 Å². The summed E-state index contributed by atoms with van der Waals surface area (Å²) in [5.74, 6) is 1.19. The first kappa shape index (κ1) is 16.5. The Kier molecular flexibility index (Phi) is 4.29. The summed E-state index contributed by atoms with van der Waals surface area (Å²) in [6.45, 7) is 8.76. The first-order chi connectivity index (χ1) is 11.4. The number of fused-ring (bicyclic) bond motifs is 1. The standard InChI is InChI=1S/C17H19ClN6/c1-9(2)15-14-11(5-19)7-24(8-13-12(18)6-20-23-13)17(14)22-16(21-15)10(3)4/h6-7,9-10H,8H2,1-4H3,(H,20,23). The Morgan fingerprint density at radius 3 is 2.54 bits per heavy atom. The number of rotatable bonds is 4. The van der Waals surface area contributed by atoms with Crippen LogP contribution in [0.15, 0.2) is 12.4 Å². The maximum absolute atomic E-state index is 9.55. The summed E-state index contributed by atoms with van der Waals surface area (Å²) < 4.78 is 1.94. The molecule has 3 rings (SSSR count). The average Bonchev–Trinajstić information content (AvgIpc) is 3.10. The Balaban J connectivity index is 2.27. The van der Waals surface area contributed by atoms with E-state index in [-0.39, 0.29) is 11.8 Å². The van der Waals surface area contributed by atoms with Crippen molar-refractivity contribution in [3.8, 4) is 6.07 Å². The maximum atomic E-state index is 9.55. The largest absolute Gasteiger partial charge is 0.325 e. The Bertz CT molecular complexity index is 929. The number of hydrogen-bond donors (Lipinski definition) is 1. The molecule has 24 heavy (non-hydrogen) atoms. The number of aromatic nitrogens is 5. The normalized spacial score (nSPS) is 11.6. The SMILES string of the molecule is CC(C)c1nc(C(C)C)c2c(C#N)cn(Cc3[nH]ncc3Cl)c2n1. The highest BCUT2D eigenvalue weighted by atomic mass is 35.5. The lowest BCUT2D eigenvalue weighted by Gasteiger charge is -2.12. The van der Waals surface area contributed by atoms with Crippen LogP contribution in [-0.2, 0) is 6.54 Å². The van der Waals surface area contributed by atoms with Gasteiger partial charge >= 0.3 is 0 Å². The minimum Gasteiger partial charge on any atom is -0.325 e. The van der Waals surface area contributed by atoms with E-state index in [9.17, 15) is 5.26 Å². The first-order valence-electron chi connectivity index (χ1n) is 7.90. The molecule has 0 amide bonds. The second kappa shape index (κ2) is 6.25. The molecular weight excluding hydrogens is 324 g/mol. The van der Waals surface area contributed by atoms with Crippen molar-refractivity contribution in [1.82, 2.24) is 24.7 Å². The molecule has 0 atom stereocenters.